The number of aromatic amines is 1. The first kappa shape index (κ1) is 17.7. The highest BCUT2D eigenvalue weighted by Crippen LogP contribution is 2.31. The number of phenolic OH excluding ortho intramolecular Hbond substituents is 1. The van der Waals surface area contributed by atoms with Crippen LogP contribution >= 0.6 is 0 Å². The number of aromatic nitrogens is 2. The van der Waals surface area contributed by atoms with Crippen LogP contribution in [0.4, 0.5) is 0 Å². The Morgan fingerprint density at radius 3 is 2.85 bits per heavy atom. The quantitative estimate of drug-likeness (QED) is 0.657. The predicted molar refractivity (Wildman–Crippen MR) is 105 cm³/mol. The number of benzene rings is 2. The fourth-order valence-corrected chi connectivity index (χ4v) is 3.63. The second-order valence-electron chi connectivity index (χ2n) is 6.88. The van der Waals surface area contributed by atoms with Crippen molar-refractivity contribution >= 4 is 10.9 Å². The minimum Gasteiger partial charge on any atom is -0.506 e. The number of ether oxygens (including phenoxy) is 1. The van der Waals surface area contributed by atoms with Gasteiger partial charge in [0, 0.05) is 6.54 Å². The fourth-order valence-electron chi connectivity index (χ4n) is 3.63. The molecule has 2 aromatic carbocycles. The normalized spacial score (nSPS) is 14.8. The predicted octanol–water partition coefficient (Wildman–Crippen LogP) is 2.91. The van der Waals surface area contributed by atoms with E-state index in [1.165, 1.54) is 32.3 Å². The molecule has 6 heteroatoms. The summed E-state index contributed by atoms with van der Waals surface area (Å²) in [6, 6.07) is 11.3. The summed E-state index contributed by atoms with van der Waals surface area (Å²) in [5.41, 5.74) is 2.78. The number of rotatable bonds is 6. The van der Waals surface area contributed by atoms with Gasteiger partial charge in [-0.15, -0.1) is 0 Å². The highest BCUT2D eigenvalue weighted by Gasteiger charge is 2.13. The van der Waals surface area contributed by atoms with E-state index in [2.05, 4.69) is 14.9 Å². The SMILES string of the molecule is O=c1[nH]cnc2c(O)cc(-c3ccccc3COCCN3CCCC3)cc12. The summed E-state index contributed by atoms with van der Waals surface area (Å²) in [4.78, 5) is 21.1. The number of aromatic hydroxyl groups is 1. The zero-order valence-corrected chi connectivity index (χ0v) is 15.1. The third kappa shape index (κ3) is 3.86. The maximum Gasteiger partial charge on any atom is 0.258 e. The zero-order valence-electron chi connectivity index (χ0n) is 15.1. The van der Waals surface area contributed by atoms with E-state index in [-0.39, 0.29) is 11.3 Å². The summed E-state index contributed by atoms with van der Waals surface area (Å²) in [6.45, 7) is 4.48. The first-order valence-corrected chi connectivity index (χ1v) is 9.31. The van der Waals surface area contributed by atoms with Crippen LogP contribution in [0.1, 0.15) is 18.4 Å². The number of nitrogens with one attached hydrogen (secondary N) is 1. The van der Waals surface area contributed by atoms with Gasteiger partial charge in [0.2, 0.25) is 0 Å². The van der Waals surface area contributed by atoms with E-state index in [0.717, 1.165) is 23.2 Å². The van der Waals surface area contributed by atoms with Crippen molar-refractivity contribution in [2.45, 2.75) is 19.4 Å². The molecule has 0 amide bonds. The van der Waals surface area contributed by atoms with Crippen molar-refractivity contribution in [2.24, 2.45) is 0 Å². The minimum atomic E-state index is -0.267. The van der Waals surface area contributed by atoms with Crippen LogP contribution in [0.3, 0.4) is 0 Å². The summed E-state index contributed by atoms with van der Waals surface area (Å²) >= 11 is 0. The lowest BCUT2D eigenvalue weighted by Crippen LogP contribution is -2.23. The highest BCUT2D eigenvalue weighted by atomic mass is 16.5. The van der Waals surface area contributed by atoms with E-state index in [0.29, 0.717) is 24.1 Å². The maximum absolute atomic E-state index is 12.1. The monoisotopic (exact) mass is 365 g/mol. The van der Waals surface area contributed by atoms with Crippen molar-refractivity contribution in [1.82, 2.24) is 14.9 Å². The lowest BCUT2D eigenvalue weighted by atomic mass is 9.98. The molecule has 0 unspecified atom stereocenters. The molecular formula is C21H23N3O3. The number of hydrogen-bond donors (Lipinski definition) is 2. The van der Waals surface area contributed by atoms with E-state index in [9.17, 15) is 9.90 Å². The van der Waals surface area contributed by atoms with Gasteiger partial charge in [-0.05, 0) is 54.8 Å². The van der Waals surface area contributed by atoms with Crippen LogP contribution < -0.4 is 5.56 Å². The van der Waals surface area contributed by atoms with Crippen molar-refractivity contribution in [2.75, 3.05) is 26.2 Å². The second kappa shape index (κ2) is 7.90. The van der Waals surface area contributed by atoms with Crippen LogP contribution in [0.25, 0.3) is 22.0 Å². The van der Waals surface area contributed by atoms with Crippen LogP contribution in [0.2, 0.25) is 0 Å². The number of H-pyrrole nitrogens is 1. The highest BCUT2D eigenvalue weighted by molar-refractivity contribution is 5.89. The Labute approximate surface area is 157 Å². The maximum atomic E-state index is 12.1. The Bertz CT molecular complexity index is 993. The molecule has 140 valence electrons. The van der Waals surface area contributed by atoms with Crippen molar-refractivity contribution in [3.63, 3.8) is 0 Å². The standard InChI is InChI=1S/C21H23N3O3/c25-19-12-16(11-18-20(19)22-14-23-21(18)26)17-6-2-1-5-15(17)13-27-10-9-24-7-3-4-8-24/h1-2,5-6,11-12,14,25H,3-4,7-10,13H2,(H,22,23,26). The topological polar surface area (TPSA) is 78.5 Å². The molecule has 2 N–H and O–H groups in total. The fraction of sp³-hybridized carbons (Fsp3) is 0.333. The number of likely N-dealkylation sites (tertiary alicyclic amines) is 1. The largest absolute Gasteiger partial charge is 0.506 e. The lowest BCUT2D eigenvalue weighted by Gasteiger charge is -2.15. The molecule has 1 saturated heterocycles. The Morgan fingerprint density at radius 2 is 2.00 bits per heavy atom. The number of fused-ring (bicyclic) bond motifs is 1. The summed E-state index contributed by atoms with van der Waals surface area (Å²) in [5, 5.41) is 10.7. The Morgan fingerprint density at radius 1 is 1.19 bits per heavy atom. The van der Waals surface area contributed by atoms with E-state index in [1.54, 1.807) is 12.1 Å². The molecule has 0 saturated carbocycles. The van der Waals surface area contributed by atoms with Crippen molar-refractivity contribution < 1.29 is 9.84 Å². The van der Waals surface area contributed by atoms with Gasteiger partial charge in [0.25, 0.3) is 5.56 Å². The molecule has 3 aromatic rings. The van der Waals surface area contributed by atoms with Gasteiger partial charge in [-0.3, -0.25) is 4.79 Å². The molecular weight excluding hydrogens is 342 g/mol. The van der Waals surface area contributed by atoms with E-state index in [4.69, 9.17) is 4.74 Å². The molecule has 2 heterocycles. The number of nitrogens with zero attached hydrogens (tertiary/aromatic N) is 2. The Balaban J connectivity index is 1.56. The molecule has 1 aliphatic rings. The molecule has 6 nitrogen and oxygen atoms in total. The molecule has 1 aromatic heterocycles. The van der Waals surface area contributed by atoms with Gasteiger partial charge in [-0.25, -0.2) is 4.98 Å². The third-order valence-electron chi connectivity index (χ3n) is 5.06. The lowest BCUT2D eigenvalue weighted by molar-refractivity contribution is 0.0995. The summed E-state index contributed by atoms with van der Waals surface area (Å²) in [5.74, 6) is -0.00152. The van der Waals surface area contributed by atoms with Crippen LogP contribution in [0, 0.1) is 0 Å². The number of phenols is 1. The van der Waals surface area contributed by atoms with Crippen molar-refractivity contribution in [3.8, 4) is 16.9 Å². The second-order valence-corrected chi connectivity index (χ2v) is 6.88. The molecule has 1 aliphatic heterocycles. The summed E-state index contributed by atoms with van der Waals surface area (Å²) in [6.07, 6.45) is 3.86. The van der Waals surface area contributed by atoms with Gasteiger partial charge in [-0.2, -0.15) is 0 Å². The Hall–Kier alpha value is -2.70. The van der Waals surface area contributed by atoms with E-state index < -0.39 is 0 Å². The molecule has 0 spiro atoms. The van der Waals surface area contributed by atoms with Gasteiger partial charge >= 0.3 is 0 Å². The molecule has 27 heavy (non-hydrogen) atoms. The van der Waals surface area contributed by atoms with Gasteiger partial charge in [0.05, 0.1) is 24.9 Å². The van der Waals surface area contributed by atoms with Crippen LogP contribution in [-0.2, 0) is 11.3 Å². The van der Waals surface area contributed by atoms with Crippen LogP contribution in [-0.4, -0.2) is 46.2 Å². The van der Waals surface area contributed by atoms with E-state index >= 15 is 0 Å². The third-order valence-corrected chi connectivity index (χ3v) is 5.06. The molecule has 0 bridgehead atoms. The zero-order chi connectivity index (χ0) is 18.6. The molecule has 1 fully saturated rings. The summed E-state index contributed by atoms with van der Waals surface area (Å²) < 4.78 is 5.90. The average molecular weight is 365 g/mol. The van der Waals surface area contributed by atoms with E-state index in [1.807, 2.05) is 24.3 Å². The van der Waals surface area contributed by atoms with Gasteiger partial charge in [-0.1, -0.05) is 24.3 Å². The first-order chi connectivity index (χ1) is 13.2. The molecule has 0 atom stereocenters. The number of hydrogen-bond acceptors (Lipinski definition) is 5. The van der Waals surface area contributed by atoms with Gasteiger partial charge in [0.15, 0.2) is 0 Å². The van der Waals surface area contributed by atoms with Crippen molar-refractivity contribution in [1.29, 1.82) is 0 Å². The Kier molecular flexibility index (Phi) is 5.18. The molecule has 0 radical (unpaired) electrons. The minimum absolute atomic E-state index is 0.00152. The van der Waals surface area contributed by atoms with Gasteiger partial charge in [0.1, 0.15) is 11.3 Å². The summed E-state index contributed by atoms with van der Waals surface area (Å²) in [7, 11) is 0. The van der Waals surface area contributed by atoms with Crippen LogP contribution in [0.15, 0.2) is 47.5 Å². The smallest absolute Gasteiger partial charge is 0.258 e. The van der Waals surface area contributed by atoms with Crippen LogP contribution in [0.5, 0.6) is 5.75 Å². The van der Waals surface area contributed by atoms with Crippen molar-refractivity contribution in [3.05, 3.63) is 58.6 Å². The first-order valence-electron chi connectivity index (χ1n) is 9.31. The molecule has 4 rings (SSSR count). The van der Waals surface area contributed by atoms with Gasteiger partial charge < -0.3 is 19.7 Å². The molecule has 0 aliphatic carbocycles. The average Bonchev–Trinajstić information content (AvgIpc) is 3.20.